The minimum Gasteiger partial charge on any atom is -0.456 e. The molecule has 2 aromatic heterocycles. The number of hydrogen-bond acceptors (Lipinski definition) is 3. The van der Waals surface area contributed by atoms with Gasteiger partial charge in [-0.25, -0.2) is 9.97 Å². The Hall–Kier alpha value is -3.51. The second-order valence-corrected chi connectivity index (χ2v) is 8.69. The highest BCUT2D eigenvalue weighted by Crippen LogP contribution is 2.37. The molecule has 2 heterocycles. The van der Waals surface area contributed by atoms with Crippen molar-refractivity contribution in [3.05, 3.63) is 107 Å². The predicted molar refractivity (Wildman–Crippen MR) is 138 cm³/mol. The number of furan rings is 1. The molecule has 6 rings (SSSR count). The van der Waals surface area contributed by atoms with E-state index in [-0.39, 0.29) is 0 Å². The Morgan fingerprint density at radius 2 is 1.28 bits per heavy atom. The van der Waals surface area contributed by atoms with Crippen LogP contribution in [-0.4, -0.2) is 9.97 Å². The van der Waals surface area contributed by atoms with Gasteiger partial charge in [0, 0.05) is 21.9 Å². The number of benzene rings is 4. The molecule has 0 amide bonds. The zero-order valence-electron chi connectivity index (χ0n) is 17.0. The first-order chi connectivity index (χ1) is 15.8. The quantitative estimate of drug-likeness (QED) is 0.174. The zero-order valence-corrected chi connectivity index (χ0v) is 19.2. The van der Waals surface area contributed by atoms with Crippen LogP contribution in [0.2, 0.25) is 0 Å². The average Bonchev–Trinajstić information content (AvgIpc) is 3.23. The van der Waals surface area contributed by atoms with Crippen molar-refractivity contribution in [2.45, 2.75) is 0 Å². The Balaban J connectivity index is 1.59. The predicted octanol–water partition coefficient (Wildman–Crippen LogP) is 7.98. The molecule has 6 aromatic rings. The van der Waals surface area contributed by atoms with E-state index >= 15 is 0 Å². The lowest BCUT2D eigenvalue weighted by molar-refractivity contribution is 0.669. The fourth-order valence-corrected chi connectivity index (χ4v) is 4.74. The number of hydrogen-bond donors (Lipinski definition) is 0. The molecule has 0 radical (unpaired) electrons. The summed E-state index contributed by atoms with van der Waals surface area (Å²) in [5, 5.41) is 2.12. The molecular weight excluding hydrogens is 507 g/mol. The summed E-state index contributed by atoms with van der Waals surface area (Å²) in [7, 11) is 0. The maximum atomic E-state index is 6.08. The average molecular weight is 524 g/mol. The number of para-hydroxylation sites is 1. The van der Waals surface area contributed by atoms with Crippen molar-refractivity contribution in [3.63, 3.8) is 0 Å². The Labute approximate surface area is 198 Å². The van der Waals surface area contributed by atoms with Gasteiger partial charge in [-0.15, -0.1) is 0 Å². The van der Waals surface area contributed by atoms with Crippen LogP contribution in [-0.2, 0) is 0 Å². The highest BCUT2D eigenvalue weighted by atomic mass is 127. The minimum absolute atomic E-state index is 0.701. The number of aromatic nitrogens is 2. The Kier molecular flexibility index (Phi) is 4.72. The highest BCUT2D eigenvalue weighted by Gasteiger charge is 2.16. The summed E-state index contributed by atoms with van der Waals surface area (Å²) in [5.74, 6) is 0.701. The molecule has 0 unspecified atom stereocenters. The van der Waals surface area contributed by atoms with Crippen LogP contribution in [0.3, 0.4) is 0 Å². The second kappa shape index (κ2) is 7.88. The third-order valence-corrected chi connectivity index (χ3v) is 6.18. The molecule has 4 heteroatoms. The monoisotopic (exact) mass is 524 g/mol. The maximum Gasteiger partial charge on any atom is 0.161 e. The smallest absolute Gasteiger partial charge is 0.161 e. The molecule has 0 aliphatic rings. The van der Waals surface area contributed by atoms with Gasteiger partial charge in [0.05, 0.1) is 5.69 Å². The largest absolute Gasteiger partial charge is 0.456 e. The van der Waals surface area contributed by atoms with Gasteiger partial charge in [-0.05, 0) is 51.9 Å². The maximum absolute atomic E-state index is 6.08. The molecule has 0 fully saturated rings. The van der Waals surface area contributed by atoms with Crippen molar-refractivity contribution in [2.24, 2.45) is 0 Å². The van der Waals surface area contributed by atoms with Crippen LogP contribution in [0.4, 0.5) is 0 Å². The van der Waals surface area contributed by atoms with E-state index < -0.39 is 0 Å². The van der Waals surface area contributed by atoms with Crippen molar-refractivity contribution in [1.82, 2.24) is 9.97 Å². The van der Waals surface area contributed by atoms with Gasteiger partial charge in [0.2, 0.25) is 0 Å². The third-order valence-electron chi connectivity index (χ3n) is 5.63. The van der Waals surface area contributed by atoms with E-state index in [1.165, 1.54) is 5.56 Å². The standard InChI is InChI=1S/C28H17IN2O/c29-26-17-23(20-12-5-4-11-19(20)18-9-2-1-3-10-18)30-28(31-26)22-14-8-16-25-27(22)21-13-6-7-15-24(21)32-25/h1-17H. The molecule has 0 saturated carbocycles. The molecule has 0 saturated heterocycles. The van der Waals surface area contributed by atoms with Crippen LogP contribution in [0, 0.1) is 3.70 Å². The van der Waals surface area contributed by atoms with Gasteiger partial charge in [-0.1, -0.05) is 84.9 Å². The van der Waals surface area contributed by atoms with Gasteiger partial charge in [0.25, 0.3) is 0 Å². The van der Waals surface area contributed by atoms with Crippen molar-refractivity contribution in [1.29, 1.82) is 0 Å². The lowest BCUT2D eigenvalue weighted by Gasteiger charge is -2.11. The van der Waals surface area contributed by atoms with E-state index in [4.69, 9.17) is 14.4 Å². The summed E-state index contributed by atoms with van der Waals surface area (Å²) in [6.07, 6.45) is 0. The third kappa shape index (κ3) is 3.28. The van der Waals surface area contributed by atoms with Crippen LogP contribution in [0.1, 0.15) is 0 Å². The molecule has 32 heavy (non-hydrogen) atoms. The van der Waals surface area contributed by atoms with Crippen LogP contribution in [0.5, 0.6) is 0 Å². The first kappa shape index (κ1) is 19.2. The van der Waals surface area contributed by atoms with Gasteiger partial charge in [-0.3, -0.25) is 0 Å². The first-order valence-corrected chi connectivity index (χ1v) is 11.5. The lowest BCUT2D eigenvalue weighted by atomic mass is 9.97. The second-order valence-electron chi connectivity index (χ2n) is 7.59. The topological polar surface area (TPSA) is 38.9 Å². The normalized spacial score (nSPS) is 11.3. The summed E-state index contributed by atoms with van der Waals surface area (Å²) in [6.45, 7) is 0. The lowest BCUT2D eigenvalue weighted by Crippen LogP contribution is -1.96. The molecule has 0 N–H and O–H groups in total. The molecular formula is C28H17IN2O. The fraction of sp³-hybridized carbons (Fsp3) is 0. The van der Waals surface area contributed by atoms with Crippen LogP contribution in [0.15, 0.2) is 108 Å². The SMILES string of the molecule is Ic1cc(-c2ccccc2-c2ccccc2)nc(-c2cccc3oc4ccccc4c23)n1. The Morgan fingerprint density at radius 1 is 0.594 bits per heavy atom. The Morgan fingerprint density at radius 3 is 2.16 bits per heavy atom. The van der Waals surface area contributed by atoms with Crippen molar-refractivity contribution >= 4 is 44.5 Å². The number of halogens is 1. The summed E-state index contributed by atoms with van der Waals surface area (Å²) >= 11 is 2.28. The van der Waals surface area contributed by atoms with Crippen molar-refractivity contribution in [2.75, 3.05) is 0 Å². The molecule has 3 nitrogen and oxygen atoms in total. The van der Waals surface area contributed by atoms with Crippen molar-refractivity contribution in [3.8, 4) is 33.8 Å². The zero-order chi connectivity index (χ0) is 21.5. The van der Waals surface area contributed by atoms with E-state index in [9.17, 15) is 0 Å². The molecule has 152 valence electrons. The van der Waals surface area contributed by atoms with E-state index in [0.29, 0.717) is 5.82 Å². The first-order valence-electron chi connectivity index (χ1n) is 10.4. The van der Waals surface area contributed by atoms with Crippen LogP contribution in [0.25, 0.3) is 55.7 Å². The fourth-order valence-electron chi connectivity index (χ4n) is 4.21. The van der Waals surface area contributed by atoms with Crippen LogP contribution >= 0.6 is 22.6 Å². The summed E-state index contributed by atoms with van der Waals surface area (Å²) in [6, 6.07) is 35.0. The van der Waals surface area contributed by atoms with Crippen LogP contribution < -0.4 is 0 Å². The van der Waals surface area contributed by atoms with Gasteiger partial charge >= 0.3 is 0 Å². The number of nitrogens with zero attached hydrogens (tertiary/aromatic N) is 2. The number of rotatable bonds is 3. The number of fused-ring (bicyclic) bond motifs is 3. The van der Waals surface area contributed by atoms with Gasteiger partial charge in [0.15, 0.2) is 5.82 Å². The molecule has 0 spiro atoms. The Bertz CT molecular complexity index is 1590. The van der Waals surface area contributed by atoms with Crippen molar-refractivity contribution < 1.29 is 4.42 Å². The summed E-state index contributed by atoms with van der Waals surface area (Å²) in [4.78, 5) is 9.84. The molecule has 0 atom stereocenters. The molecule has 4 aromatic carbocycles. The van der Waals surface area contributed by atoms with E-state index in [2.05, 4.69) is 83.3 Å². The molecule has 0 bridgehead atoms. The van der Waals surface area contributed by atoms with Gasteiger partial charge < -0.3 is 4.42 Å². The summed E-state index contributed by atoms with van der Waals surface area (Å²) < 4.78 is 6.98. The highest BCUT2D eigenvalue weighted by molar-refractivity contribution is 14.1. The van der Waals surface area contributed by atoms with E-state index in [1.54, 1.807) is 0 Å². The van der Waals surface area contributed by atoms with Gasteiger partial charge in [-0.2, -0.15) is 0 Å². The molecule has 0 aliphatic carbocycles. The summed E-state index contributed by atoms with van der Waals surface area (Å²) in [5.41, 5.74) is 7.01. The minimum atomic E-state index is 0.701. The van der Waals surface area contributed by atoms with Gasteiger partial charge in [0.1, 0.15) is 14.9 Å². The van der Waals surface area contributed by atoms with E-state index in [1.807, 2.05) is 42.5 Å². The van der Waals surface area contributed by atoms with E-state index in [0.717, 1.165) is 48.0 Å². The molecule has 0 aliphatic heterocycles.